The fourth-order valence-electron chi connectivity index (χ4n) is 4.63. The maximum Gasteiger partial charge on any atom is 0.342 e. The van der Waals surface area contributed by atoms with Crippen LogP contribution >= 0.6 is 0 Å². The highest BCUT2D eigenvalue weighted by Crippen LogP contribution is 2.18. The number of anilines is 4. The van der Waals surface area contributed by atoms with Gasteiger partial charge in [0.05, 0.1) is 38.7 Å². The van der Waals surface area contributed by atoms with E-state index >= 15 is 0 Å². The number of amides is 4. The lowest BCUT2D eigenvalue weighted by Crippen LogP contribution is -2.33. The lowest BCUT2D eigenvalue weighted by Gasteiger charge is -2.17. The minimum atomic E-state index is -0.456. The Labute approximate surface area is 287 Å². The molecule has 0 unspecified atom stereocenters. The molecule has 0 saturated heterocycles. The predicted molar refractivity (Wildman–Crippen MR) is 198 cm³/mol. The molecule has 0 bridgehead atoms. The second-order valence-corrected chi connectivity index (χ2v) is 11.6. The van der Waals surface area contributed by atoms with Gasteiger partial charge in [-0.05, 0) is 77.2 Å². The minimum Gasteiger partial charge on any atom is -0.394 e. The number of hydrazone groups is 2. The summed E-state index contributed by atoms with van der Waals surface area (Å²) in [6, 6.07) is 29.5. The van der Waals surface area contributed by atoms with E-state index in [0.29, 0.717) is 17.8 Å². The number of aliphatic hydroxyl groups is 2. The Morgan fingerprint density at radius 2 is 0.918 bits per heavy atom. The highest BCUT2D eigenvalue weighted by Gasteiger charge is 2.13. The van der Waals surface area contributed by atoms with E-state index in [0.717, 1.165) is 33.6 Å². The Morgan fingerprint density at radius 3 is 1.22 bits per heavy atom. The van der Waals surface area contributed by atoms with Crippen molar-refractivity contribution in [1.82, 2.24) is 10.0 Å². The quantitative estimate of drug-likeness (QED) is 0.109. The van der Waals surface area contributed by atoms with E-state index in [1.807, 2.05) is 135 Å². The van der Waals surface area contributed by atoms with Gasteiger partial charge >= 0.3 is 12.1 Å². The fraction of sp³-hybridized carbons (Fsp3) is 0.243. The second-order valence-electron chi connectivity index (χ2n) is 11.6. The van der Waals surface area contributed by atoms with Crippen LogP contribution in [0.4, 0.5) is 32.3 Å². The van der Waals surface area contributed by atoms with Gasteiger partial charge in [0.15, 0.2) is 0 Å². The van der Waals surface area contributed by atoms with Crippen molar-refractivity contribution in [3.05, 3.63) is 119 Å². The molecule has 12 nitrogen and oxygen atoms in total. The highest BCUT2D eigenvalue weighted by atomic mass is 16.3. The Kier molecular flexibility index (Phi) is 13.3. The monoisotopic (exact) mass is 664 g/mol. The summed E-state index contributed by atoms with van der Waals surface area (Å²) >= 11 is 0. The summed E-state index contributed by atoms with van der Waals surface area (Å²) in [5.41, 5.74) is 7.03. The number of aliphatic hydroxyl groups excluding tert-OH is 2. The van der Waals surface area contributed by atoms with Crippen molar-refractivity contribution < 1.29 is 19.8 Å². The molecule has 4 rings (SSSR count). The maximum atomic E-state index is 12.9. The van der Waals surface area contributed by atoms with Gasteiger partial charge in [-0.2, -0.15) is 10.2 Å². The number of hydrogen-bond acceptors (Lipinski definition) is 8. The third-order valence-electron chi connectivity index (χ3n) is 7.42. The molecular formula is C37H44N8O4. The summed E-state index contributed by atoms with van der Waals surface area (Å²) in [5.74, 6) is 0. The van der Waals surface area contributed by atoms with Crippen LogP contribution < -0.4 is 20.4 Å². The number of urea groups is 2. The van der Waals surface area contributed by atoms with Crippen LogP contribution in [0.25, 0.3) is 0 Å². The van der Waals surface area contributed by atoms with Gasteiger partial charge < -0.3 is 30.6 Å². The summed E-state index contributed by atoms with van der Waals surface area (Å²) in [7, 11) is 7.85. The number of hydrogen-bond donors (Lipinski definition) is 4. The second kappa shape index (κ2) is 18.0. The number of benzene rings is 4. The zero-order valence-electron chi connectivity index (χ0n) is 28.3. The molecule has 0 aliphatic rings. The molecule has 0 aromatic heterocycles. The summed E-state index contributed by atoms with van der Waals surface area (Å²) in [6.07, 6.45) is 3.81. The molecule has 0 radical (unpaired) electrons. The molecule has 0 atom stereocenters. The van der Waals surface area contributed by atoms with Gasteiger partial charge in [0.2, 0.25) is 0 Å². The summed E-state index contributed by atoms with van der Waals surface area (Å²) in [5, 5.41) is 35.5. The average Bonchev–Trinajstić information content (AvgIpc) is 3.10. The molecule has 0 aliphatic carbocycles. The summed E-state index contributed by atoms with van der Waals surface area (Å²) in [4.78, 5) is 29.8. The van der Waals surface area contributed by atoms with Crippen LogP contribution in [0.1, 0.15) is 22.3 Å². The van der Waals surface area contributed by atoms with E-state index in [9.17, 15) is 19.8 Å². The highest BCUT2D eigenvalue weighted by molar-refractivity contribution is 5.91. The molecule has 4 amide bonds. The van der Waals surface area contributed by atoms with Gasteiger partial charge in [-0.25, -0.2) is 19.6 Å². The summed E-state index contributed by atoms with van der Waals surface area (Å²) < 4.78 is 0. The number of nitrogens with zero attached hydrogens (tertiary/aromatic N) is 6. The van der Waals surface area contributed by atoms with E-state index < -0.39 is 12.1 Å². The zero-order valence-corrected chi connectivity index (χ0v) is 28.3. The lowest BCUT2D eigenvalue weighted by molar-refractivity contribution is 0.191. The molecular weight excluding hydrogens is 620 g/mol. The van der Waals surface area contributed by atoms with Crippen molar-refractivity contribution in [2.75, 3.05) is 74.9 Å². The Hall–Kier alpha value is -5.72. The van der Waals surface area contributed by atoms with Crippen LogP contribution in [0.3, 0.4) is 0 Å². The molecule has 256 valence electrons. The third-order valence-corrected chi connectivity index (χ3v) is 7.42. The normalized spacial score (nSPS) is 11.1. The Bertz CT molecular complexity index is 1560. The largest absolute Gasteiger partial charge is 0.394 e. The topological polar surface area (TPSA) is 136 Å². The number of carbonyl (C=O) groups excluding carboxylic acids is 2. The molecule has 0 saturated carbocycles. The van der Waals surface area contributed by atoms with E-state index in [1.54, 1.807) is 12.4 Å². The maximum absolute atomic E-state index is 12.9. The van der Waals surface area contributed by atoms with Crippen LogP contribution in [-0.4, -0.2) is 99.2 Å². The SMILES string of the molecule is CN(C)c1ccc(/C=N/N(CCO)C(=O)Nc2ccc(Cc3ccc(NC(=O)N(CCO)/N=C/c4ccc(N(C)C)cc4)cc3)cc2)cc1. The van der Waals surface area contributed by atoms with Gasteiger partial charge in [0.25, 0.3) is 0 Å². The molecule has 12 heteroatoms. The van der Waals surface area contributed by atoms with E-state index in [4.69, 9.17) is 0 Å². The van der Waals surface area contributed by atoms with Crippen molar-refractivity contribution in [3.8, 4) is 0 Å². The van der Waals surface area contributed by atoms with Crippen molar-refractivity contribution in [1.29, 1.82) is 0 Å². The molecule has 49 heavy (non-hydrogen) atoms. The van der Waals surface area contributed by atoms with Gasteiger partial charge in [0.1, 0.15) is 0 Å². The van der Waals surface area contributed by atoms with Gasteiger partial charge in [-0.15, -0.1) is 0 Å². The smallest absolute Gasteiger partial charge is 0.342 e. The molecule has 0 spiro atoms. The van der Waals surface area contributed by atoms with Crippen LogP contribution in [0.5, 0.6) is 0 Å². The fourth-order valence-corrected chi connectivity index (χ4v) is 4.63. The van der Waals surface area contributed by atoms with Crippen molar-refractivity contribution in [2.24, 2.45) is 10.2 Å². The Morgan fingerprint density at radius 1 is 0.571 bits per heavy atom. The number of carbonyl (C=O) groups is 2. The number of nitrogens with one attached hydrogen (secondary N) is 2. The molecule has 0 aliphatic heterocycles. The molecule has 4 aromatic carbocycles. The third kappa shape index (κ3) is 11.2. The van der Waals surface area contributed by atoms with Gasteiger partial charge in [-0.3, -0.25) is 0 Å². The van der Waals surface area contributed by atoms with Crippen LogP contribution in [0.15, 0.2) is 107 Å². The molecule has 0 fully saturated rings. The van der Waals surface area contributed by atoms with Crippen LogP contribution in [-0.2, 0) is 6.42 Å². The van der Waals surface area contributed by atoms with E-state index in [2.05, 4.69) is 20.8 Å². The summed E-state index contributed by atoms with van der Waals surface area (Å²) in [6.45, 7) is -0.365. The van der Waals surface area contributed by atoms with Gasteiger partial charge in [0, 0.05) is 50.9 Å². The van der Waals surface area contributed by atoms with Crippen LogP contribution in [0.2, 0.25) is 0 Å². The first kappa shape index (κ1) is 36.1. The average molecular weight is 665 g/mol. The van der Waals surface area contributed by atoms with Crippen molar-refractivity contribution >= 4 is 47.2 Å². The zero-order chi connectivity index (χ0) is 35.2. The van der Waals surface area contributed by atoms with Crippen molar-refractivity contribution in [2.45, 2.75) is 6.42 Å². The van der Waals surface area contributed by atoms with Gasteiger partial charge in [-0.1, -0.05) is 48.5 Å². The first-order valence-electron chi connectivity index (χ1n) is 15.8. The molecule has 4 aromatic rings. The van der Waals surface area contributed by atoms with Crippen LogP contribution in [0, 0.1) is 0 Å². The lowest BCUT2D eigenvalue weighted by atomic mass is 10.0. The predicted octanol–water partition coefficient (Wildman–Crippen LogP) is 5.13. The standard InChI is InChI=1S/C37H44N8O4/c1-42(2)34-17-9-30(10-18-34)26-38-44(21-23-46)36(48)40-32-13-5-28(6-14-32)25-29-7-15-33(16-8-29)41-37(49)45(22-24-47)39-27-31-11-19-35(20-12-31)43(3)4/h5-20,26-27,46-47H,21-25H2,1-4H3,(H,40,48)(H,41,49)/b38-26+,39-27+. The van der Waals surface area contributed by atoms with Crippen molar-refractivity contribution in [3.63, 3.8) is 0 Å². The first-order chi connectivity index (χ1) is 23.6. The first-order valence-corrected chi connectivity index (χ1v) is 15.8. The minimum absolute atomic E-state index is 0.0466. The van der Waals surface area contributed by atoms with E-state index in [1.165, 1.54) is 10.0 Å². The molecule has 0 heterocycles. The number of rotatable bonds is 14. The Balaban J connectivity index is 1.30. The molecule has 4 N–H and O–H groups in total. The van der Waals surface area contributed by atoms with E-state index in [-0.39, 0.29) is 26.3 Å².